The average Bonchev–Trinajstić information content (AvgIpc) is 2.28. The average molecular weight is 288 g/mol. The third-order valence-electron chi connectivity index (χ3n) is 2.03. The highest BCUT2D eigenvalue weighted by Gasteiger charge is 2.12. The number of halogens is 1. The van der Waals surface area contributed by atoms with Crippen LogP contribution in [0.5, 0.6) is 11.5 Å². The van der Waals surface area contributed by atoms with Gasteiger partial charge >= 0.3 is 0 Å². The topological polar surface area (TPSA) is 47.6 Å². The number of nitrogens with one attached hydrogen (secondary N) is 1. The van der Waals surface area contributed by atoms with Gasteiger partial charge in [-0.15, -0.1) is 0 Å². The Morgan fingerprint density at radius 1 is 1.38 bits per heavy atom. The van der Waals surface area contributed by atoms with Crippen molar-refractivity contribution >= 4 is 27.5 Å². The van der Waals surface area contributed by atoms with Crippen molar-refractivity contribution in [2.45, 2.75) is 11.8 Å². The SMILES string of the molecule is COc1ccc(OC)c(NC(=O)[C@H](C)Br)c1. The van der Waals surface area contributed by atoms with Crippen molar-refractivity contribution in [1.82, 2.24) is 0 Å². The van der Waals surface area contributed by atoms with Crippen molar-refractivity contribution in [3.63, 3.8) is 0 Å². The Labute approximate surface area is 103 Å². The van der Waals surface area contributed by atoms with Gasteiger partial charge in [0.25, 0.3) is 0 Å². The molecule has 0 saturated heterocycles. The Morgan fingerprint density at radius 2 is 2.06 bits per heavy atom. The Bertz CT molecular complexity index is 379. The summed E-state index contributed by atoms with van der Waals surface area (Å²) in [6.07, 6.45) is 0. The van der Waals surface area contributed by atoms with Crippen LogP contribution in [0.3, 0.4) is 0 Å². The van der Waals surface area contributed by atoms with E-state index >= 15 is 0 Å². The molecule has 1 aromatic carbocycles. The highest BCUT2D eigenvalue weighted by molar-refractivity contribution is 9.10. The van der Waals surface area contributed by atoms with E-state index in [4.69, 9.17) is 9.47 Å². The van der Waals surface area contributed by atoms with E-state index in [0.717, 1.165) is 0 Å². The summed E-state index contributed by atoms with van der Waals surface area (Å²) in [5.74, 6) is 1.13. The second-order valence-electron chi connectivity index (χ2n) is 3.17. The van der Waals surface area contributed by atoms with Crippen LogP contribution in [0.15, 0.2) is 18.2 Å². The fourth-order valence-electron chi connectivity index (χ4n) is 1.14. The number of hydrogen-bond donors (Lipinski definition) is 1. The molecule has 0 radical (unpaired) electrons. The zero-order chi connectivity index (χ0) is 12.1. The number of hydrogen-bond acceptors (Lipinski definition) is 3. The summed E-state index contributed by atoms with van der Waals surface area (Å²) < 4.78 is 10.2. The van der Waals surface area contributed by atoms with E-state index in [2.05, 4.69) is 21.2 Å². The van der Waals surface area contributed by atoms with Crippen molar-refractivity contribution in [3.8, 4) is 11.5 Å². The number of methoxy groups -OCH3 is 2. The number of amides is 1. The lowest BCUT2D eigenvalue weighted by Crippen LogP contribution is -2.20. The van der Waals surface area contributed by atoms with Crippen molar-refractivity contribution in [1.29, 1.82) is 0 Å². The maximum atomic E-state index is 11.5. The number of rotatable bonds is 4. The Balaban J connectivity index is 2.95. The number of alkyl halides is 1. The van der Waals surface area contributed by atoms with E-state index in [1.165, 1.54) is 0 Å². The molecule has 1 atom stereocenters. The van der Waals surface area contributed by atoms with E-state index in [0.29, 0.717) is 17.2 Å². The quantitative estimate of drug-likeness (QED) is 0.866. The molecule has 1 N–H and O–H groups in total. The molecule has 0 aliphatic rings. The minimum Gasteiger partial charge on any atom is -0.497 e. The van der Waals surface area contributed by atoms with E-state index in [-0.39, 0.29) is 10.7 Å². The zero-order valence-electron chi connectivity index (χ0n) is 9.41. The fourth-order valence-corrected chi connectivity index (χ4v) is 1.26. The maximum absolute atomic E-state index is 11.5. The third kappa shape index (κ3) is 3.13. The van der Waals surface area contributed by atoms with Gasteiger partial charge in [0, 0.05) is 6.07 Å². The van der Waals surface area contributed by atoms with Gasteiger partial charge in [0.15, 0.2) is 0 Å². The van der Waals surface area contributed by atoms with Crippen LogP contribution in [0.2, 0.25) is 0 Å². The molecular weight excluding hydrogens is 274 g/mol. The second-order valence-corrected chi connectivity index (χ2v) is 4.54. The summed E-state index contributed by atoms with van der Waals surface area (Å²) >= 11 is 3.20. The van der Waals surface area contributed by atoms with Gasteiger partial charge in [-0.05, 0) is 19.1 Å². The first-order chi connectivity index (χ1) is 7.58. The standard InChI is InChI=1S/C11H14BrNO3/c1-7(12)11(14)13-9-6-8(15-2)4-5-10(9)16-3/h4-7H,1-3H3,(H,13,14)/t7-/m0/s1. The lowest BCUT2D eigenvalue weighted by molar-refractivity contribution is -0.115. The third-order valence-corrected chi connectivity index (χ3v) is 2.44. The predicted octanol–water partition coefficient (Wildman–Crippen LogP) is 2.43. The lowest BCUT2D eigenvalue weighted by Gasteiger charge is -2.12. The molecule has 0 aromatic heterocycles. The summed E-state index contributed by atoms with van der Waals surface area (Å²) in [6.45, 7) is 1.75. The first-order valence-corrected chi connectivity index (χ1v) is 5.67. The monoisotopic (exact) mass is 287 g/mol. The molecular formula is C11H14BrNO3. The molecule has 0 saturated carbocycles. The van der Waals surface area contributed by atoms with E-state index < -0.39 is 0 Å². The molecule has 0 unspecified atom stereocenters. The van der Waals surface area contributed by atoms with Gasteiger partial charge in [0.05, 0.1) is 24.7 Å². The number of benzene rings is 1. The van der Waals surface area contributed by atoms with Gasteiger partial charge in [-0.25, -0.2) is 0 Å². The smallest absolute Gasteiger partial charge is 0.237 e. The fraction of sp³-hybridized carbons (Fsp3) is 0.364. The van der Waals surface area contributed by atoms with Crippen molar-refractivity contribution in [2.24, 2.45) is 0 Å². The van der Waals surface area contributed by atoms with Gasteiger partial charge in [0.1, 0.15) is 11.5 Å². The van der Waals surface area contributed by atoms with E-state index in [1.54, 1.807) is 39.3 Å². The molecule has 0 heterocycles. The minimum absolute atomic E-state index is 0.133. The molecule has 0 spiro atoms. The zero-order valence-corrected chi connectivity index (χ0v) is 11.0. The summed E-state index contributed by atoms with van der Waals surface area (Å²) in [7, 11) is 3.12. The second kappa shape index (κ2) is 5.75. The summed E-state index contributed by atoms with van der Waals surface area (Å²) in [4.78, 5) is 11.3. The number of anilines is 1. The largest absolute Gasteiger partial charge is 0.497 e. The Hall–Kier alpha value is -1.23. The van der Waals surface area contributed by atoms with Crippen LogP contribution >= 0.6 is 15.9 Å². The molecule has 1 aromatic rings. The van der Waals surface area contributed by atoms with Crippen molar-refractivity contribution in [2.75, 3.05) is 19.5 Å². The molecule has 0 aliphatic carbocycles. The predicted molar refractivity (Wildman–Crippen MR) is 66.6 cm³/mol. The molecule has 1 rings (SSSR count). The lowest BCUT2D eigenvalue weighted by atomic mass is 10.2. The molecule has 5 heteroatoms. The molecule has 1 amide bonds. The molecule has 0 aliphatic heterocycles. The molecule has 4 nitrogen and oxygen atoms in total. The maximum Gasteiger partial charge on any atom is 0.237 e. The van der Waals surface area contributed by atoms with Gasteiger partial charge in [-0.1, -0.05) is 15.9 Å². The summed E-state index contributed by atoms with van der Waals surface area (Å²) in [5.41, 5.74) is 0.596. The first kappa shape index (κ1) is 12.8. The normalized spacial score (nSPS) is 11.8. The highest BCUT2D eigenvalue weighted by atomic mass is 79.9. The van der Waals surface area contributed by atoms with Crippen LogP contribution in [0.25, 0.3) is 0 Å². The van der Waals surface area contributed by atoms with Crippen LogP contribution in [-0.2, 0) is 4.79 Å². The Morgan fingerprint density at radius 3 is 2.56 bits per heavy atom. The first-order valence-electron chi connectivity index (χ1n) is 4.75. The molecule has 0 fully saturated rings. The number of carbonyl (C=O) groups is 1. The Kier molecular flexibility index (Phi) is 4.61. The molecule has 88 valence electrons. The van der Waals surface area contributed by atoms with Crippen LogP contribution in [-0.4, -0.2) is 25.0 Å². The van der Waals surface area contributed by atoms with E-state index in [1.807, 2.05) is 0 Å². The van der Waals surface area contributed by atoms with Crippen LogP contribution in [0.4, 0.5) is 5.69 Å². The van der Waals surface area contributed by atoms with Gasteiger partial charge in [-0.2, -0.15) is 0 Å². The number of ether oxygens (including phenoxy) is 2. The van der Waals surface area contributed by atoms with Gasteiger partial charge in [0.2, 0.25) is 5.91 Å². The van der Waals surface area contributed by atoms with Gasteiger partial charge in [-0.3, -0.25) is 4.79 Å². The van der Waals surface area contributed by atoms with Gasteiger partial charge < -0.3 is 14.8 Å². The van der Waals surface area contributed by atoms with Crippen LogP contribution in [0.1, 0.15) is 6.92 Å². The highest BCUT2D eigenvalue weighted by Crippen LogP contribution is 2.29. The molecule has 0 bridgehead atoms. The van der Waals surface area contributed by atoms with Crippen LogP contribution < -0.4 is 14.8 Å². The minimum atomic E-state index is -0.261. The van der Waals surface area contributed by atoms with Crippen molar-refractivity contribution < 1.29 is 14.3 Å². The number of carbonyl (C=O) groups excluding carboxylic acids is 1. The van der Waals surface area contributed by atoms with Crippen LogP contribution in [0, 0.1) is 0 Å². The summed E-state index contributed by atoms with van der Waals surface area (Å²) in [6, 6.07) is 5.23. The summed E-state index contributed by atoms with van der Waals surface area (Å²) in [5, 5.41) is 2.74. The molecule has 16 heavy (non-hydrogen) atoms. The van der Waals surface area contributed by atoms with Crippen molar-refractivity contribution in [3.05, 3.63) is 18.2 Å². The van der Waals surface area contributed by atoms with E-state index in [9.17, 15) is 4.79 Å².